The predicted molar refractivity (Wildman–Crippen MR) is 68.3 cm³/mol. The molecule has 6 heteroatoms. The number of aliphatic hydroxyl groups excluding tert-OH is 1. The zero-order valence-corrected chi connectivity index (χ0v) is 11.0. The van der Waals surface area contributed by atoms with Crippen molar-refractivity contribution in [1.82, 2.24) is 0 Å². The summed E-state index contributed by atoms with van der Waals surface area (Å²) in [5, 5.41) is 10.2. The van der Waals surface area contributed by atoms with Crippen molar-refractivity contribution in [2.75, 3.05) is 0 Å². The molecule has 2 rings (SSSR count). The van der Waals surface area contributed by atoms with Crippen LogP contribution in [0.25, 0.3) is 0 Å². The molecule has 0 aliphatic heterocycles. The fourth-order valence-electron chi connectivity index (χ4n) is 2.01. The highest BCUT2D eigenvalue weighted by Gasteiger charge is 2.31. The molecule has 0 radical (unpaired) electrons. The minimum absolute atomic E-state index is 0.228. The average Bonchev–Trinajstić information content (AvgIpc) is 2.36. The van der Waals surface area contributed by atoms with Crippen LogP contribution in [-0.2, 0) is 0 Å². The molecular formula is C15H12F4O2. The Morgan fingerprint density at radius 2 is 1.81 bits per heavy atom. The summed E-state index contributed by atoms with van der Waals surface area (Å²) in [6.45, 7) is 1.61. The number of aliphatic hydroxyl groups is 1. The smallest absolute Gasteiger partial charge is 0.406 e. The molecule has 1 atom stereocenters. The van der Waals surface area contributed by atoms with Crippen molar-refractivity contribution in [3.8, 4) is 5.75 Å². The third-order valence-corrected chi connectivity index (χ3v) is 2.93. The van der Waals surface area contributed by atoms with Crippen molar-refractivity contribution in [2.24, 2.45) is 0 Å². The van der Waals surface area contributed by atoms with E-state index in [1.807, 2.05) is 0 Å². The minimum atomic E-state index is -4.80. The van der Waals surface area contributed by atoms with Gasteiger partial charge in [-0.3, -0.25) is 0 Å². The first kappa shape index (κ1) is 15.3. The van der Waals surface area contributed by atoms with Gasteiger partial charge in [0.2, 0.25) is 0 Å². The van der Waals surface area contributed by atoms with Crippen LogP contribution in [-0.4, -0.2) is 11.5 Å². The van der Waals surface area contributed by atoms with Crippen LogP contribution in [0.4, 0.5) is 17.6 Å². The summed E-state index contributed by atoms with van der Waals surface area (Å²) in [5.41, 5.74) is 1.15. The summed E-state index contributed by atoms with van der Waals surface area (Å²) in [5.74, 6) is -0.864. The Morgan fingerprint density at radius 1 is 1.10 bits per heavy atom. The van der Waals surface area contributed by atoms with E-state index < -0.39 is 24.0 Å². The van der Waals surface area contributed by atoms with Crippen molar-refractivity contribution in [1.29, 1.82) is 0 Å². The van der Waals surface area contributed by atoms with Gasteiger partial charge in [0.15, 0.2) is 0 Å². The number of hydrogen-bond acceptors (Lipinski definition) is 2. The van der Waals surface area contributed by atoms with Crippen LogP contribution in [0, 0.1) is 12.7 Å². The van der Waals surface area contributed by atoms with Crippen LogP contribution in [0.15, 0.2) is 42.5 Å². The van der Waals surface area contributed by atoms with E-state index in [1.54, 1.807) is 6.92 Å². The van der Waals surface area contributed by atoms with E-state index >= 15 is 0 Å². The first-order valence-corrected chi connectivity index (χ1v) is 6.06. The number of halogens is 4. The molecule has 0 saturated carbocycles. The van der Waals surface area contributed by atoms with E-state index in [9.17, 15) is 22.7 Å². The summed E-state index contributed by atoms with van der Waals surface area (Å²) in [6.07, 6.45) is -5.96. The molecule has 21 heavy (non-hydrogen) atoms. The van der Waals surface area contributed by atoms with Crippen molar-refractivity contribution in [2.45, 2.75) is 19.4 Å². The van der Waals surface area contributed by atoms with E-state index in [2.05, 4.69) is 4.74 Å². The number of aryl methyl sites for hydroxylation is 1. The van der Waals surface area contributed by atoms with Crippen molar-refractivity contribution >= 4 is 0 Å². The normalized spacial score (nSPS) is 13.0. The van der Waals surface area contributed by atoms with Gasteiger partial charge >= 0.3 is 6.36 Å². The standard InChI is InChI=1S/C15H12F4O2/c1-9-7-11(16)5-6-13(9)14(20)10-3-2-4-12(8-10)21-15(17,18)19/h2-8,14,20H,1H3. The van der Waals surface area contributed by atoms with Crippen LogP contribution in [0.1, 0.15) is 22.8 Å². The van der Waals surface area contributed by atoms with Gasteiger partial charge in [-0.25, -0.2) is 4.39 Å². The molecule has 0 heterocycles. The van der Waals surface area contributed by atoms with Gasteiger partial charge in [-0.1, -0.05) is 18.2 Å². The van der Waals surface area contributed by atoms with Crippen LogP contribution in [0.5, 0.6) is 5.75 Å². The second kappa shape index (κ2) is 5.73. The molecule has 2 aromatic carbocycles. The molecule has 0 aromatic heterocycles. The molecular weight excluding hydrogens is 288 g/mol. The molecule has 0 bridgehead atoms. The maximum Gasteiger partial charge on any atom is 0.573 e. The fraction of sp³-hybridized carbons (Fsp3) is 0.200. The zero-order chi connectivity index (χ0) is 15.6. The second-order valence-electron chi connectivity index (χ2n) is 4.52. The molecule has 0 aliphatic carbocycles. The number of rotatable bonds is 3. The lowest BCUT2D eigenvalue weighted by Gasteiger charge is -2.16. The predicted octanol–water partition coefficient (Wildman–Crippen LogP) is 4.11. The molecule has 1 N–H and O–H groups in total. The Kier molecular flexibility index (Phi) is 4.18. The molecule has 112 valence electrons. The van der Waals surface area contributed by atoms with Crippen molar-refractivity contribution < 1.29 is 27.4 Å². The van der Waals surface area contributed by atoms with E-state index in [4.69, 9.17) is 0 Å². The van der Waals surface area contributed by atoms with Gasteiger partial charge in [0.05, 0.1) is 0 Å². The molecule has 0 saturated heterocycles. The Hall–Kier alpha value is -2.08. The molecule has 2 aromatic rings. The van der Waals surface area contributed by atoms with E-state index in [-0.39, 0.29) is 5.56 Å². The van der Waals surface area contributed by atoms with Crippen molar-refractivity contribution in [3.63, 3.8) is 0 Å². The maximum atomic E-state index is 13.0. The zero-order valence-electron chi connectivity index (χ0n) is 11.0. The van der Waals surface area contributed by atoms with Gasteiger partial charge in [0, 0.05) is 0 Å². The number of benzene rings is 2. The van der Waals surface area contributed by atoms with Gasteiger partial charge in [-0.05, 0) is 47.9 Å². The van der Waals surface area contributed by atoms with Gasteiger partial charge < -0.3 is 9.84 Å². The minimum Gasteiger partial charge on any atom is -0.406 e. The molecule has 0 aliphatic rings. The third-order valence-electron chi connectivity index (χ3n) is 2.93. The summed E-state index contributed by atoms with van der Waals surface area (Å²) < 4.78 is 53.4. The number of ether oxygens (including phenoxy) is 1. The number of hydrogen-bond donors (Lipinski definition) is 1. The highest BCUT2D eigenvalue weighted by atomic mass is 19.4. The first-order valence-electron chi connectivity index (χ1n) is 6.06. The Balaban J connectivity index is 2.31. The largest absolute Gasteiger partial charge is 0.573 e. The summed E-state index contributed by atoms with van der Waals surface area (Å²) >= 11 is 0. The Bertz CT molecular complexity index is 638. The first-order chi connectivity index (χ1) is 9.76. The second-order valence-corrected chi connectivity index (χ2v) is 4.52. The van der Waals surface area contributed by atoms with Gasteiger partial charge in [-0.15, -0.1) is 13.2 Å². The molecule has 0 amide bonds. The van der Waals surface area contributed by atoms with Gasteiger partial charge in [0.25, 0.3) is 0 Å². The SMILES string of the molecule is Cc1cc(F)ccc1C(O)c1cccc(OC(F)(F)F)c1. The van der Waals surface area contributed by atoms with Crippen LogP contribution >= 0.6 is 0 Å². The quantitative estimate of drug-likeness (QED) is 0.864. The number of alkyl halides is 3. The lowest BCUT2D eigenvalue weighted by Crippen LogP contribution is -2.17. The molecule has 1 unspecified atom stereocenters. The van der Waals surface area contributed by atoms with Gasteiger partial charge in [0.1, 0.15) is 17.7 Å². The highest BCUT2D eigenvalue weighted by molar-refractivity contribution is 5.38. The molecule has 0 fully saturated rings. The molecule has 2 nitrogen and oxygen atoms in total. The lowest BCUT2D eigenvalue weighted by atomic mass is 9.97. The monoisotopic (exact) mass is 300 g/mol. The van der Waals surface area contributed by atoms with Crippen LogP contribution < -0.4 is 4.74 Å². The average molecular weight is 300 g/mol. The Labute approximate surface area is 118 Å². The molecule has 0 spiro atoms. The topological polar surface area (TPSA) is 29.5 Å². The summed E-state index contributed by atoms with van der Waals surface area (Å²) in [6, 6.07) is 8.88. The van der Waals surface area contributed by atoms with Gasteiger partial charge in [-0.2, -0.15) is 0 Å². The fourth-order valence-corrected chi connectivity index (χ4v) is 2.01. The maximum absolute atomic E-state index is 13.0. The highest BCUT2D eigenvalue weighted by Crippen LogP contribution is 2.29. The lowest BCUT2D eigenvalue weighted by molar-refractivity contribution is -0.274. The van der Waals surface area contributed by atoms with Crippen LogP contribution in [0.3, 0.4) is 0 Å². The third kappa shape index (κ3) is 3.95. The van der Waals surface area contributed by atoms with E-state index in [0.717, 1.165) is 12.1 Å². The summed E-state index contributed by atoms with van der Waals surface area (Å²) in [7, 11) is 0. The summed E-state index contributed by atoms with van der Waals surface area (Å²) in [4.78, 5) is 0. The van der Waals surface area contributed by atoms with E-state index in [0.29, 0.717) is 11.1 Å². The van der Waals surface area contributed by atoms with Crippen molar-refractivity contribution in [3.05, 3.63) is 65.0 Å². The Morgan fingerprint density at radius 3 is 2.43 bits per heavy atom. The van der Waals surface area contributed by atoms with E-state index in [1.165, 1.54) is 30.3 Å². The van der Waals surface area contributed by atoms with Crippen LogP contribution in [0.2, 0.25) is 0 Å².